The first-order valence-electron chi connectivity index (χ1n) is 6.68. The number of fused-ring (bicyclic) bond motifs is 1. The second kappa shape index (κ2) is 4.69. The van der Waals surface area contributed by atoms with Crippen molar-refractivity contribution in [1.29, 1.82) is 0 Å². The molecule has 1 aromatic heterocycles. The van der Waals surface area contributed by atoms with Crippen LogP contribution in [-0.4, -0.2) is 16.1 Å². The van der Waals surface area contributed by atoms with Gasteiger partial charge in [-0.15, -0.1) is 0 Å². The van der Waals surface area contributed by atoms with Crippen molar-refractivity contribution < 1.29 is 4.39 Å². The van der Waals surface area contributed by atoms with E-state index in [9.17, 15) is 4.39 Å². The van der Waals surface area contributed by atoms with E-state index in [-0.39, 0.29) is 5.82 Å². The summed E-state index contributed by atoms with van der Waals surface area (Å²) in [6, 6.07) is 5.18. The van der Waals surface area contributed by atoms with Crippen molar-refractivity contribution in [3.05, 3.63) is 29.8 Å². The molecule has 0 radical (unpaired) electrons. The van der Waals surface area contributed by atoms with Gasteiger partial charge in [0, 0.05) is 6.54 Å². The highest BCUT2D eigenvalue weighted by molar-refractivity contribution is 5.76. The maximum Gasteiger partial charge on any atom is 0.127 e. The Labute approximate surface area is 106 Å². The quantitative estimate of drug-likeness (QED) is 0.903. The molecule has 1 unspecified atom stereocenters. The number of aromatic nitrogens is 2. The molecule has 1 aromatic carbocycles. The predicted molar refractivity (Wildman–Crippen MR) is 70.0 cm³/mol. The Morgan fingerprint density at radius 3 is 3.11 bits per heavy atom. The van der Waals surface area contributed by atoms with E-state index in [4.69, 9.17) is 0 Å². The van der Waals surface area contributed by atoms with Crippen LogP contribution >= 0.6 is 0 Å². The highest BCUT2D eigenvalue weighted by atomic mass is 19.1. The third kappa shape index (κ3) is 1.90. The summed E-state index contributed by atoms with van der Waals surface area (Å²) in [5.74, 6) is 0.876. The van der Waals surface area contributed by atoms with Crippen LogP contribution < -0.4 is 5.32 Å². The number of hydrogen-bond acceptors (Lipinski definition) is 2. The third-order valence-corrected chi connectivity index (χ3v) is 3.56. The molecule has 1 aliphatic heterocycles. The summed E-state index contributed by atoms with van der Waals surface area (Å²) >= 11 is 0. The standard InChI is InChI=1S/C14H18FN3/c1-2-8-18-13-9-10(15)5-6-11(13)17-14(18)12-4-3-7-16-12/h5-6,9,12,16H,2-4,7-8H2,1H3. The summed E-state index contributed by atoms with van der Waals surface area (Å²) in [6.07, 6.45) is 3.34. The zero-order valence-electron chi connectivity index (χ0n) is 10.6. The van der Waals surface area contributed by atoms with Gasteiger partial charge in [0.1, 0.15) is 11.6 Å². The van der Waals surface area contributed by atoms with Crippen LogP contribution in [0.25, 0.3) is 11.0 Å². The van der Waals surface area contributed by atoms with Gasteiger partial charge in [0.05, 0.1) is 17.1 Å². The number of hydrogen-bond donors (Lipinski definition) is 1. The van der Waals surface area contributed by atoms with Crippen molar-refractivity contribution in [3.8, 4) is 0 Å². The number of imidazole rings is 1. The fourth-order valence-electron chi connectivity index (χ4n) is 2.74. The lowest BCUT2D eigenvalue weighted by atomic mass is 10.2. The van der Waals surface area contributed by atoms with E-state index in [1.54, 1.807) is 12.1 Å². The second-order valence-electron chi connectivity index (χ2n) is 4.90. The number of halogens is 1. The van der Waals surface area contributed by atoms with Gasteiger partial charge in [-0.3, -0.25) is 0 Å². The second-order valence-corrected chi connectivity index (χ2v) is 4.90. The summed E-state index contributed by atoms with van der Waals surface area (Å²) < 4.78 is 15.6. The van der Waals surface area contributed by atoms with Gasteiger partial charge in [0.2, 0.25) is 0 Å². The Balaban J connectivity index is 2.13. The number of benzene rings is 1. The zero-order chi connectivity index (χ0) is 12.5. The normalized spacial score (nSPS) is 19.8. The lowest BCUT2D eigenvalue weighted by molar-refractivity contribution is 0.549. The first-order valence-corrected chi connectivity index (χ1v) is 6.68. The largest absolute Gasteiger partial charge is 0.327 e. The fraction of sp³-hybridized carbons (Fsp3) is 0.500. The van der Waals surface area contributed by atoms with Gasteiger partial charge in [-0.1, -0.05) is 6.92 Å². The Kier molecular flexibility index (Phi) is 3.04. The van der Waals surface area contributed by atoms with E-state index in [2.05, 4.69) is 21.8 Å². The van der Waals surface area contributed by atoms with Crippen LogP contribution in [0.15, 0.2) is 18.2 Å². The van der Waals surface area contributed by atoms with Crippen molar-refractivity contribution in [2.24, 2.45) is 0 Å². The monoisotopic (exact) mass is 247 g/mol. The van der Waals surface area contributed by atoms with Crippen molar-refractivity contribution in [2.75, 3.05) is 6.54 Å². The van der Waals surface area contributed by atoms with E-state index in [0.29, 0.717) is 6.04 Å². The van der Waals surface area contributed by atoms with Gasteiger partial charge in [0.25, 0.3) is 0 Å². The number of aryl methyl sites for hydroxylation is 1. The van der Waals surface area contributed by atoms with Crippen LogP contribution in [0.1, 0.15) is 38.1 Å². The summed E-state index contributed by atoms with van der Waals surface area (Å²) in [6.45, 7) is 4.08. The Morgan fingerprint density at radius 2 is 2.39 bits per heavy atom. The Bertz CT molecular complexity index is 555. The van der Waals surface area contributed by atoms with E-state index in [0.717, 1.165) is 42.8 Å². The molecule has 2 heterocycles. The lowest BCUT2D eigenvalue weighted by Gasteiger charge is -2.13. The average Bonchev–Trinajstić information content (AvgIpc) is 2.98. The molecular weight excluding hydrogens is 229 g/mol. The highest BCUT2D eigenvalue weighted by Gasteiger charge is 2.22. The molecule has 1 fully saturated rings. The fourth-order valence-corrected chi connectivity index (χ4v) is 2.74. The molecule has 0 saturated carbocycles. The highest BCUT2D eigenvalue weighted by Crippen LogP contribution is 2.27. The molecule has 0 bridgehead atoms. The smallest absolute Gasteiger partial charge is 0.127 e. The molecule has 2 aromatic rings. The lowest BCUT2D eigenvalue weighted by Crippen LogP contribution is -2.18. The average molecular weight is 247 g/mol. The zero-order valence-corrected chi connectivity index (χ0v) is 10.6. The van der Waals surface area contributed by atoms with Gasteiger partial charge < -0.3 is 9.88 Å². The van der Waals surface area contributed by atoms with Crippen LogP contribution in [0.4, 0.5) is 4.39 Å². The molecule has 96 valence electrons. The maximum absolute atomic E-state index is 13.4. The summed E-state index contributed by atoms with van der Waals surface area (Å²) in [4.78, 5) is 4.69. The summed E-state index contributed by atoms with van der Waals surface area (Å²) in [5, 5.41) is 3.47. The first kappa shape index (κ1) is 11.7. The minimum atomic E-state index is -0.189. The predicted octanol–water partition coefficient (Wildman–Crippen LogP) is 3.01. The van der Waals surface area contributed by atoms with Gasteiger partial charge in [-0.25, -0.2) is 9.37 Å². The molecule has 1 saturated heterocycles. The number of rotatable bonds is 3. The van der Waals surface area contributed by atoms with Crippen LogP contribution in [0, 0.1) is 5.82 Å². The van der Waals surface area contributed by atoms with Gasteiger partial charge in [-0.2, -0.15) is 0 Å². The SMILES string of the molecule is CCCn1c(C2CCCN2)nc2ccc(F)cc21. The van der Waals surface area contributed by atoms with Crippen molar-refractivity contribution in [1.82, 2.24) is 14.9 Å². The molecule has 3 rings (SSSR count). The van der Waals surface area contributed by atoms with E-state index < -0.39 is 0 Å². The van der Waals surface area contributed by atoms with Crippen molar-refractivity contribution in [2.45, 2.75) is 38.8 Å². The van der Waals surface area contributed by atoms with Gasteiger partial charge >= 0.3 is 0 Å². The number of nitrogens with one attached hydrogen (secondary N) is 1. The van der Waals surface area contributed by atoms with Crippen LogP contribution in [0.5, 0.6) is 0 Å². The Hall–Kier alpha value is -1.42. The van der Waals surface area contributed by atoms with Gasteiger partial charge in [0.15, 0.2) is 0 Å². The summed E-state index contributed by atoms with van der Waals surface area (Å²) in [5.41, 5.74) is 1.81. The minimum Gasteiger partial charge on any atom is -0.327 e. The topological polar surface area (TPSA) is 29.9 Å². The van der Waals surface area contributed by atoms with E-state index in [1.165, 1.54) is 12.5 Å². The molecule has 1 aliphatic rings. The molecule has 0 spiro atoms. The number of nitrogens with zero attached hydrogens (tertiary/aromatic N) is 2. The van der Waals surface area contributed by atoms with E-state index in [1.807, 2.05) is 0 Å². The maximum atomic E-state index is 13.4. The van der Waals surface area contributed by atoms with Crippen molar-refractivity contribution in [3.63, 3.8) is 0 Å². The minimum absolute atomic E-state index is 0.189. The molecular formula is C14H18FN3. The summed E-state index contributed by atoms with van der Waals surface area (Å²) in [7, 11) is 0. The Morgan fingerprint density at radius 1 is 1.50 bits per heavy atom. The van der Waals surface area contributed by atoms with Crippen molar-refractivity contribution >= 4 is 11.0 Å². The molecule has 1 atom stereocenters. The molecule has 4 heteroatoms. The third-order valence-electron chi connectivity index (χ3n) is 3.56. The molecule has 1 N–H and O–H groups in total. The van der Waals surface area contributed by atoms with Crippen LogP contribution in [-0.2, 0) is 6.54 Å². The molecule has 0 amide bonds. The molecule has 18 heavy (non-hydrogen) atoms. The first-order chi connectivity index (χ1) is 8.79. The molecule has 3 nitrogen and oxygen atoms in total. The van der Waals surface area contributed by atoms with Gasteiger partial charge in [-0.05, 0) is 44.0 Å². The van der Waals surface area contributed by atoms with Crippen LogP contribution in [0.3, 0.4) is 0 Å². The molecule has 0 aliphatic carbocycles. The van der Waals surface area contributed by atoms with Crippen LogP contribution in [0.2, 0.25) is 0 Å². The van der Waals surface area contributed by atoms with E-state index >= 15 is 0 Å².